The molecule has 1 aliphatic rings. The molecule has 0 amide bonds. The lowest BCUT2D eigenvalue weighted by Gasteiger charge is -2.42. The fourth-order valence-corrected chi connectivity index (χ4v) is 4.55. The van der Waals surface area contributed by atoms with Crippen LogP contribution >= 0.6 is 11.3 Å². The number of piperazine rings is 1. The van der Waals surface area contributed by atoms with Crippen LogP contribution in [0.1, 0.15) is 18.6 Å². The summed E-state index contributed by atoms with van der Waals surface area (Å²) in [6, 6.07) is 5.37. The van der Waals surface area contributed by atoms with Crippen molar-refractivity contribution in [2.75, 3.05) is 36.5 Å². The number of halogens is 2. The molecule has 0 aliphatic carbocycles. The molecule has 11 heteroatoms. The van der Waals surface area contributed by atoms with Crippen molar-refractivity contribution in [3.8, 4) is 0 Å². The Labute approximate surface area is 181 Å². The molecule has 166 valence electrons. The summed E-state index contributed by atoms with van der Waals surface area (Å²) in [6.45, 7) is 2.70. The molecular weight excluding hydrogens is 428 g/mol. The van der Waals surface area contributed by atoms with Crippen molar-refractivity contribution in [1.82, 2.24) is 14.9 Å². The van der Waals surface area contributed by atoms with Gasteiger partial charge in [-0.15, -0.1) is 0 Å². The molecule has 1 fully saturated rings. The number of pyridine rings is 1. The van der Waals surface area contributed by atoms with Crippen LogP contribution in [0.3, 0.4) is 0 Å². The summed E-state index contributed by atoms with van der Waals surface area (Å²) >= 11 is 1.25. The Morgan fingerprint density at radius 1 is 1.26 bits per heavy atom. The number of hydrogen-bond donors (Lipinski definition) is 4. The number of fused-ring (bicyclic) bond motifs is 1. The van der Waals surface area contributed by atoms with Crippen LogP contribution in [0, 0.1) is 11.6 Å². The summed E-state index contributed by atoms with van der Waals surface area (Å²) in [5.41, 5.74) is 0.862. The smallest absolute Gasteiger partial charge is 0.186 e. The number of aliphatic hydroxyl groups excluding tert-OH is 3. The minimum absolute atomic E-state index is 0.132. The van der Waals surface area contributed by atoms with Gasteiger partial charge in [0.05, 0.1) is 16.8 Å². The van der Waals surface area contributed by atoms with Crippen LogP contribution in [0.15, 0.2) is 30.5 Å². The molecular formula is C20H23F2N5O3S. The molecule has 8 nitrogen and oxygen atoms in total. The third kappa shape index (κ3) is 4.60. The number of aliphatic hydroxyl groups is 3. The van der Waals surface area contributed by atoms with E-state index in [9.17, 15) is 19.0 Å². The summed E-state index contributed by atoms with van der Waals surface area (Å²) in [5.74, 6) is -0.755. The van der Waals surface area contributed by atoms with E-state index in [0.717, 1.165) is 0 Å². The van der Waals surface area contributed by atoms with Crippen molar-refractivity contribution in [3.63, 3.8) is 0 Å². The number of hydrogen-bond acceptors (Lipinski definition) is 9. The average molecular weight is 451 g/mol. The van der Waals surface area contributed by atoms with Gasteiger partial charge in [-0.25, -0.2) is 18.7 Å². The summed E-state index contributed by atoms with van der Waals surface area (Å²) in [4.78, 5) is 12.1. The van der Waals surface area contributed by atoms with Crippen molar-refractivity contribution in [1.29, 1.82) is 0 Å². The number of nitrogens with one attached hydrogen (secondary N) is 1. The summed E-state index contributed by atoms with van der Waals surface area (Å²) < 4.78 is 28.6. The predicted molar refractivity (Wildman–Crippen MR) is 114 cm³/mol. The van der Waals surface area contributed by atoms with Gasteiger partial charge in [0.15, 0.2) is 23.1 Å². The second-order valence-corrected chi connectivity index (χ2v) is 8.49. The van der Waals surface area contributed by atoms with Crippen molar-refractivity contribution in [3.05, 3.63) is 47.7 Å². The predicted octanol–water partition coefficient (Wildman–Crippen LogP) is 1.89. The highest BCUT2D eigenvalue weighted by atomic mass is 32.1. The van der Waals surface area contributed by atoms with Crippen LogP contribution in [0.2, 0.25) is 0 Å². The lowest BCUT2D eigenvalue weighted by molar-refractivity contribution is -0.00547. The minimum Gasteiger partial charge on any atom is -0.393 e. The van der Waals surface area contributed by atoms with Crippen LogP contribution < -0.4 is 10.2 Å². The van der Waals surface area contributed by atoms with E-state index < -0.39 is 24.9 Å². The fraction of sp³-hybridized carbons (Fsp3) is 0.400. The molecule has 0 spiro atoms. The molecule has 3 heterocycles. The van der Waals surface area contributed by atoms with E-state index in [4.69, 9.17) is 5.11 Å². The zero-order valence-corrected chi connectivity index (χ0v) is 17.6. The Morgan fingerprint density at radius 3 is 2.77 bits per heavy atom. The van der Waals surface area contributed by atoms with Gasteiger partial charge in [-0.2, -0.15) is 0 Å². The van der Waals surface area contributed by atoms with E-state index in [1.165, 1.54) is 35.7 Å². The van der Waals surface area contributed by atoms with Crippen molar-refractivity contribution in [2.24, 2.45) is 0 Å². The van der Waals surface area contributed by atoms with Crippen LogP contribution in [-0.4, -0.2) is 68.8 Å². The quantitative estimate of drug-likeness (QED) is 0.421. The molecule has 4 N–H and O–H groups in total. The van der Waals surface area contributed by atoms with Crippen molar-refractivity contribution in [2.45, 2.75) is 25.4 Å². The lowest BCUT2D eigenvalue weighted by atomic mass is 10.1. The third-order valence-corrected chi connectivity index (χ3v) is 6.25. The Kier molecular flexibility index (Phi) is 6.30. The highest BCUT2D eigenvalue weighted by Crippen LogP contribution is 2.28. The Bertz CT molecular complexity index is 1070. The first kappa shape index (κ1) is 21.8. The van der Waals surface area contributed by atoms with Crippen LogP contribution in [-0.2, 0) is 0 Å². The number of benzene rings is 1. The van der Waals surface area contributed by atoms with Gasteiger partial charge >= 0.3 is 0 Å². The van der Waals surface area contributed by atoms with E-state index in [0.29, 0.717) is 35.0 Å². The fourth-order valence-electron chi connectivity index (χ4n) is 3.65. The summed E-state index contributed by atoms with van der Waals surface area (Å²) in [7, 11) is 0. The van der Waals surface area contributed by atoms with E-state index in [1.807, 2.05) is 11.8 Å². The maximum Gasteiger partial charge on any atom is 0.186 e. The Balaban J connectivity index is 1.41. The van der Waals surface area contributed by atoms with Gasteiger partial charge in [0.2, 0.25) is 0 Å². The number of thiazole rings is 1. The average Bonchev–Trinajstić information content (AvgIpc) is 3.14. The molecule has 1 aromatic carbocycles. The Hall–Kier alpha value is -2.44. The zero-order valence-electron chi connectivity index (χ0n) is 16.7. The highest BCUT2D eigenvalue weighted by Gasteiger charge is 2.30. The standard InChI is InChI=1S/C20H23F2N5O3S/c1-11-9-26(18-14(22)6-12(8-23-18)16(29)10-28)4-5-27(11)20(30)25-19-24-15-3-2-13(21)7-17(15)31-19/h2-3,6-8,11,16,20,28-30H,4-5,9-10H2,1H3,(H,24,25)/t11-,16+,20?/m1/s1. The largest absolute Gasteiger partial charge is 0.393 e. The lowest BCUT2D eigenvalue weighted by Crippen LogP contribution is -2.57. The first-order valence-corrected chi connectivity index (χ1v) is 10.6. The van der Waals surface area contributed by atoms with Gasteiger partial charge in [0, 0.05) is 37.4 Å². The van der Waals surface area contributed by atoms with Gasteiger partial charge in [-0.1, -0.05) is 11.3 Å². The van der Waals surface area contributed by atoms with Crippen LogP contribution in [0.25, 0.3) is 10.2 Å². The molecule has 0 bridgehead atoms. The second kappa shape index (κ2) is 8.97. The molecule has 0 radical (unpaired) electrons. The minimum atomic E-state index is -1.17. The van der Waals surface area contributed by atoms with E-state index >= 15 is 0 Å². The SMILES string of the molecule is C[C@@H]1CN(c2ncc([C@@H](O)CO)cc2F)CCN1C(O)Nc1nc2ccc(F)cc2s1. The number of nitrogens with zero attached hydrogens (tertiary/aromatic N) is 4. The van der Waals surface area contributed by atoms with Crippen LogP contribution in [0.5, 0.6) is 0 Å². The van der Waals surface area contributed by atoms with Gasteiger partial charge < -0.3 is 25.5 Å². The summed E-state index contributed by atoms with van der Waals surface area (Å²) in [6.07, 6.45) is -0.836. The van der Waals surface area contributed by atoms with Gasteiger partial charge in [-0.05, 0) is 31.2 Å². The van der Waals surface area contributed by atoms with E-state index in [-0.39, 0.29) is 23.2 Å². The molecule has 4 rings (SSSR count). The second-order valence-electron chi connectivity index (χ2n) is 7.45. The maximum absolute atomic E-state index is 14.5. The highest BCUT2D eigenvalue weighted by molar-refractivity contribution is 7.22. The van der Waals surface area contributed by atoms with Gasteiger partial charge in [0.25, 0.3) is 0 Å². The molecule has 1 unspecified atom stereocenters. The first-order valence-electron chi connectivity index (χ1n) is 9.81. The normalized spacial score (nSPS) is 19.5. The zero-order chi connectivity index (χ0) is 22.1. The monoisotopic (exact) mass is 451 g/mol. The molecule has 0 saturated carbocycles. The van der Waals surface area contributed by atoms with Crippen molar-refractivity contribution >= 4 is 32.5 Å². The molecule has 31 heavy (non-hydrogen) atoms. The molecule has 1 aliphatic heterocycles. The van der Waals surface area contributed by atoms with E-state index in [2.05, 4.69) is 15.3 Å². The topological polar surface area (TPSA) is 105 Å². The van der Waals surface area contributed by atoms with Crippen molar-refractivity contribution < 1.29 is 24.1 Å². The van der Waals surface area contributed by atoms with Gasteiger partial charge in [-0.3, -0.25) is 4.90 Å². The number of aromatic nitrogens is 2. The van der Waals surface area contributed by atoms with Crippen LogP contribution in [0.4, 0.5) is 19.7 Å². The summed E-state index contributed by atoms with van der Waals surface area (Å²) in [5, 5.41) is 32.7. The molecule has 2 aromatic heterocycles. The first-order chi connectivity index (χ1) is 14.9. The van der Waals surface area contributed by atoms with E-state index in [1.54, 1.807) is 11.0 Å². The maximum atomic E-state index is 14.5. The third-order valence-electron chi connectivity index (χ3n) is 5.30. The van der Waals surface area contributed by atoms with Gasteiger partial charge in [0.1, 0.15) is 11.9 Å². The number of rotatable bonds is 6. The molecule has 1 saturated heterocycles. The number of anilines is 2. The molecule has 3 aromatic rings. The molecule has 3 atom stereocenters. The Morgan fingerprint density at radius 2 is 2.06 bits per heavy atom.